The maximum atomic E-state index is 13.6. The Hall–Kier alpha value is -3.53. The summed E-state index contributed by atoms with van der Waals surface area (Å²) in [5.41, 5.74) is 1.77. The van der Waals surface area contributed by atoms with Gasteiger partial charge >= 0.3 is 0 Å². The molecular weight excluding hydrogens is 547 g/mol. The van der Waals surface area contributed by atoms with Crippen LogP contribution in [0.5, 0.6) is 5.75 Å². The largest absolute Gasteiger partial charge is 0.497 e. The van der Waals surface area contributed by atoms with E-state index < -0.39 is 28.3 Å². The summed E-state index contributed by atoms with van der Waals surface area (Å²) >= 11 is 7.49. The van der Waals surface area contributed by atoms with Crippen molar-refractivity contribution in [3.05, 3.63) is 113 Å². The van der Waals surface area contributed by atoms with E-state index in [0.29, 0.717) is 22.2 Å². The van der Waals surface area contributed by atoms with Crippen LogP contribution in [0.25, 0.3) is 0 Å². The molecule has 0 bridgehead atoms. The molecule has 1 N–H and O–H groups in total. The highest BCUT2D eigenvalue weighted by molar-refractivity contribution is 7.98. The number of methoxy groups -OCH3 is 1. The van der Waals surface area contributed by atoms with Crippen LogP contribution < -0.4 is 14.4 Å². The molecule has 0 spiro atoms. The minimum Gasteiger partial charge on any atom is -0.497 e. The number of hydrogen-bond donors (Lipinski definition) is 1. The van der Waals surface area contributed by atoms with Gasteiger partial charge in [0.2, 0.25) is 5.91 Å². The number of nitrogens with one attached hydrogen (secondary N) is 1. The number of sulfonamides is 1. The molecule has 0 aliphatic heterocycles. The van der Waals surface area contributed by atoms with Crippen LogP contribution in [0, 0.1) is 5.82 Å². The molecule has 4 aromatic rings. The highest BCUT2D eigenvalue weighted by Crippen LogP contribution is 2.31. The van der Waals surface area contributed by atoms with Crippen molar-refractivity contribution in [2.75, 3.05) is 23.3 Å². The van der Waals surface area contributed by atoms with E-state index in [-0.39, 0.29) is 10.6 Å². The fraction of sp³-hybridized carbons (Fsp3) is 0.107. The van der Waals surface area contributed by atoms with Crippen molar-refractivity contribution in [1.29, 1.82) is 0 Å². The summed E-state index contributed by atoms with van der Waals surface area (Å²) in [5.74, 6) is 0.0674. The molecule has 0 saturated carbocycles. The first-order valence-electron chi connectivity index (χ1n) is 11.4. The number of rotatable bonds is 10. The van der Waals surface area contributed by atoms with E-state index in [1.165, 1.54) is 55.3 Å². The van der Waals surface area contributed by atoms with Crippen molar-refractivity contribution < 1.29 is 22.3 Å². The number of halogens is 2. The average Bonchev–Trinajstić information content (AvgIpc) is 2.92. The van der Waals surface area contributed by atoms with Gasteiger partial charge in [0.05, 0.1) is 23.4 Å². The van der Waals surface area contributed by atoms with Crippen LogP contribution in [0.4, 0.5) is 15.8 Å². The van der Waals surface area contributed by atoms with E-state index in [9.17, 15) is 17.6 Å². The minimum atomic E-state index is -4.16. The van der Waals surface area contributed by atoms with E-state index in [2.05, 4.69) is 5.32 Å². The van der Waals surface area contributed by atoms with Crippen LogP contribution >= 0.6 is 23.4 Å². The van der Waals surface area contributed by atoms with E-state index in [1.54, 1.807) is 12.1 Å². The summed E-state index contributed by atoms with van der Waals surface area (Å²) < 4.78 is 46.8. The van der Waals surface area contributed by atoms with Gasteiger partial charge in [-0.3, -0.25) is 9.10 Å². The number of amides is 1. The van der Waals surface area contributed by atoms with Gasteiger partial charge in [0.25, 0.3) is 10.0 Å². The molecular formula is C28H24ClFN2O4S2. The summed E-state index contributed by atoms with van der Waals surface area (Å²) in [7, 11) is -2.68. The van der Waals surface area contributed by atoms with E-state index in [0.717, 1.165) is 26.9 Å². The zero-order valence-electron chi connectivity index (χ0n) is 20.3. The second kappa shape index (κ2) is 12.3. The molecule has 196 valence electrons. The minimum absolute atomic E-state index is 0.0330. The monoisotopic (exact) mass is 570 g/mol. The van der Waals surface area contributed by atoms with Gasteiger partial charge < -0.3 is 10.1 Å². The normalized spacial score (nSPS) is 11.1. The lowest BCUT2D eigenvalue weighted by atomic mass is 10.2. The van der Waals surface area contributed by atoms with Gasteiger partial charge in [0.15, 0.2) is 0 Å². The second-order valence-corrected chi connectivity index (χ2v) is 11.4. The third-order valence-electron chi connectivity index (χ3n) is 5.52. The summed E-state index contributed by atoms with van der Waals surface area (Å²) in [4.78, 5) is 14.0. The van der Waals surface area contributed by atoms with Crippen molar-refractivity contribution in [2.24, 2.45) is 0 Å². The fourth-order valence-corrected chi connectivity index (χ4v) is 6.07. The second-order valence-electron chi connectivity index (χ2n) is 8.12. The maximum absolute atomic E-state index is 13.6. The van der Waals surface area contributed by atoms with E-state index in [4.69, 9.17) is 16.3 Å². The molecule has 4 aromatic carbocycles. The van der Waals surface area contributed by atoms with Gasteiger partial charge in [-0.25, -0.2) is 12.8 Å². The highest BCUT2D eigenvalue weighted by Gasteiger charge is 2.27. The van der Waals surface area contributed by atoms with Crippen molar-refractivity contribution in [1.82, 2.24) is 0 Å². The number of benzene rings is 4. The van der Waals surface area contributed by atoms with Gasteiger partial charge in [0.1, 0.15) is 18.1 Å². The quantitative estimate of drug-likeness (QED) is 0.217. The molecule has 0 fully saturated rings. The summed E-state index contributed by atoms with van der Waals surface area (Å²) in [6, 6.07) is 25.5. The van der Waals surface area contributed by atoms with Crippen LogP contribution in [0.3, 0.4) is 0 Å². The highest BCUT2D eigenvalue weighted by atomic mass is 35.5. The molecule has 10 heteroatoms. The topological polar surface area (TPSA) is 75.7 Å². The number of thioether (sulfide) groups is 1. The van der Waals surface area contributed by atoms with Crippen LogP contribution in [0.15, 0.2) is 107 Å². The Kier molecular flexibility index (Phi) is 8.93. The molecule has 0 atom stereocenters. The first-order valence-corrected chi connectivity index (χ1v) is 14.2. The molecule has 6 nitrogen and oxygen atoms in total. The Balaban J connectivity index is 1.56. The van der Waals surface area contributed by atoms with Gasteiger partial charge in [-0.15, -0.1) is 11.8 Å². The predicted octanol–water partition coefficient (Wildman–Crippen LogP) is 6.61. The maximum Gasteiger partial charge on any atom is 0.264 e. The van der Waals surface area contributed by atoms with Gasteiger partial charge in [-0.1, -0.05) is 35.9 Å². The molecule has 0 heterocycles. The first-order chi connectivity index (χ1) is 18.3. The van der Waals surface area contributed by atoms with Crippen molar-refractivity contribution >= 4 is 50.7 Å². The lowest BCUT2D eigenvalue weighted by Gasteiger charge is -2.24. The van der Waals surface area contributed by atoms with Gasteiger partial charge in [-0.2, -0.15) is 0 Å². The Morgan fingerprint density at radius 3 is 2.26 bits per heavy atom. The van der Waals surface area contributed by atoms with Crippen LogP contribution in [-0.4, -0.2) is 28.0 Å². The lowest BCUT2D eigenvalue weighted by molar-refractivity contribution is -0.114. The fourth-order valence-electron chi connectivity index (χ4n) is 3.55. The summed E-state index contributed by atoms with van der Waals surface area (Å²) in [6.07, 6.45) is 0. The Morgan fingerprint density at radius 1 is 0.947 bits per heavy atom. The van der Waals surface area contributed by atoms with E-state index in [1.807, 2.05) is 36.4 Å². The van der Waals surface area contributed by atoms with Crippen LogP contribution in [-0.2, 0) is 20.6 Å². The van der Waals surface area contributed by atoms with E-state index >= 15 is 0 Å². The lowest BCUT2D eigenvalue weighted by Crippen LogP contribution is -2.38. The predicted molar refractivity (Wildman–Crippen MR) is 150 cm³/mol. The Labute approximate surface area is 230 Å². The summed E-state index contributed by atoms with van der Waals surface area (Å²) in [6.45, 7) is -0.518. The number of para-hydroxylation sites is 1. The zero-order chi connectivity index (χ0) is 27.1. The number of carbonyl (C=O) groups is 1. The summed E-state index contributed by atoms with van der Waals surface area (Å²) in [5, 5.41) is 3.48. The Bertz CT molecular complexity index is 1500. The third kappa shape index (κ3) is 6.86. The molecule has 0 saturated heterocycles. The number of ether oxygens (including phenoxy) is 1. The molecule has 0 aliphatic rings. The van der Waals surface area contributed by atoms with Gasteiger partial charge in [0, 0.05) is 15.7 Å². The number of anilines is 2. The molecule has 0 unspecified atom stereocenters. The molecule has 0 aliphatic carbocycles. The smallest absolute Gasteiger partial charge is 0.264 e. The molecule has 0 radical (unpaired) electrons. The molecule has 38 heavy (non-hydrogen) atoms. The number of nitrogens with zero attached hydrogens (tertiary/aromatic N) is 1. The van der Waals surface area contributed by atoms with Crippen molar-refractivity contribution in [2.45, 2.75) is 15.5 Å². The Morgan fingerprint density at radius 2 is 1.61 bits per heavy atom. The van der Waals surface area contributed by atoms with Crippen LogP contribution in [0.2, 0.25) is 5.02 Å². The van der Waals surface area contributed by atoms with Crippen LogP contribution in [0.1, 0.15) is 5.56 Å². The number of carbonyl (C=O) groups excluding carboxylic acids is 1. The zero-order valence-corrected chi connectivity index (χ0v) is 22.7. The molecule has 0 aromatic heterocycles. The molecule has 1 amide bonds. The van der Waals surface area contributed by atoms with Crippen molar-refractivity contribution in [3.63, 3.8) is 0 Å². The van der Waals surface area contributed by atoms with Crippen molar-refractivity contribution in [3.8, 4) is 5.75 Å². The number of hydrogen-bond acceptors (Lipinski definition) is 5. The molecule has 4 rings (SSSR count). The first kappa shape index (κ1) is 27.5. The average molecular weight is 571 g/mol. The van der Waals surface area contributed by atoms with Gasteiger partial charge in [-0.05, 0) is 78.4 Å². The SMILES string of the molecule is COc1ccc(S(=O)(=O)N(CC(=O)Nc2ccccc2SCc2ccc(Cl)cc2)c2ccc(F)cc2)cc1. The third-order valence-corrected chi connectivity index (χ3v) is 8.70. The standard InChI is InChI=1S/C28H24ClFN2O4S2/c1-36-24-14-16-25(17-15-24)38(34,35)32(23-12-10-22(30)11-13-23)18-28(33)31-26-4-2-3-5-27(26)37-19-20-6-8-21(29)9-7-20/h2-17H,18-19H2,1H3,(H,31,33).